The van der Waals surface area contributed by atoms with Crippen LogP contribution in [0.3, 0.4) is 0 Å². The molecule has 1 unspecified atom stereocenters. The Labute approximate surface area is 164 Å². The van der Waals surface area contributed by atoms with E-state index < -0.39 is 11.6 Å². The number of aromatic nitrogens is 3. The molecule has 1 amide bonds. The number of hydrogen-bond acceptors (Lipinski definition) is 4. The molecule has 0 saturated carbocycles. The summed E-state index contributed by atoms with van der Waals surface area (Å²) in [5, 5.41) is 5.12. The molecule has 3 heterocycles. The molecule has 2 aromatic heterocycles. The van der Waals surface area contributed by atoms with Crippen LogP contribution in [0.2, 0.25) is 0 Å². The molecular weight excluding hydrogens is 378 g/mol. The Bertz CT molecular complexity index is 1200. The lowest BCUT2D eigenvalue weighted by Crippen LogP contribution is -2.24. The number of benzene rings is 2. The fourth-order valence-electron chi connectivity index (χ4n) is 3.77. The van der Waals surface area contributed by atoms with Crippen LogP contribution in [0, 0.1) is 11.6 Å². The van der Waals surface area contributed by atoms with Crippen LogP contribution >= 0.6 is 0 Å². The first-order valence-electron chi connectivity index (χ1n) is 9.21. The van der Waals surface area contributed by atoms with Gasteiger partial charge in [0.2, 0.25) is 11.8 Å². The van der Waals surface area contributed by atoms with E-state index >= 15 is 0 Å². The molecule has 6 nitrogen and oxygen atoms in total. The number of nitrogens with zero attached hydrogens (tertiary/aromatic N) is 3. The van der Waals surface area contributed by atoms with Crippen LogP contribution < -0.4 is 4.90 Å². The highest BCUT2D eigenvalue weighted by molar-refractivity contribution is 5.96. The molecule has 1 aliphatic rings. The standard InChI is InChI=1S/C21H16F2N4O2/c22-14-7-15(23)9-16(8-14)27-11-13(6-20(27)28)21-25-19(29-26-21)5-12-10-24-18-4-2-1-3-17(12)18/h1-4,7-10,13,24H,5-6,11H2. The maximum Gasteiger partial charge on any atom is 0.231 e. The first-order valence-corrected chi connectivity index (χ1v) is 9.21. The lowest BCUT2D eigenvalue weighted by atomic mass is 10.1. The van der Waals surface area contributed by atoms with Gasteiger partial charge in [-0.25, -0.2) is 8.78 Å². The van der Waals surface area contributed by atoms with E-state index in [0.29, 0.717) is 18.1 Å². The van der Waals surface area contributed by atoms with Crippen LogP contribution in [0.5, 0.6) is 0 Å². The summed E-state index contributed by atoms with van der Waals surface area (Å²) in [6.45, 7) is 0.244. The highest BCUT2D eigenvalue weighted by Crippen LogP contribution is 2.31. The first kappa shape index (κ1) is 17.5. The molecule has 0 aliphatic carbocycles. The summed E-state index contributed by atoms with van der Waals surface area (Å²) in [7, 11) is 0. The number of halogens is 2. The van der Waals surface area contributed by atoms with Crippen molar-refractivity contribution in [1.82, 2.24) is 15.1 Å². The zero-order valence-corrected chi connectivity index (χ0v) is 15.2. The summed E-state index contributed by atoms with van der Waals surface area (Å²) in [6, 6.07) is 11.0. The fraction of sp³-hybridized carbons (Fsp3) is 0.190. The summed E-state index contributed by atoms with van der Waals surface area (Å²) in [4.78, 5) is 21.4. The number of rotatable bonds is 4. The van der Waals surface area contributed by atoms with Crippen LogP contribution in [0.1, 0.15) is 29.6 Å². The average Bonchev–Trinajstić information content (AvgIpc) is 3.40. The Hall–Kier alpha value is -3.55. The minimum Gasteiger partial charge on any atom is -0.361 e. The smallest absolute Gasteiger partial charge is 0.231 e. The van der Waals surface area contributed by atoms with E-state index in [1.165, 1.54) is 4.90 Å². The highest BCUT2D eigenvalue weighted by atomic mass is 19.1. The van der Waals surface area contributed by atoms with Gasteiger partial charge in [-0.1, -0.05) is 23.4 Å². The largest absolute Gasteiger partial charge is 0.361 e. The second kappa shape index (κ2) is 6.80. The second-order valence-corrected chi connectivity index (χ2v) is 7.12. The summed E-state index contributed by atoms with van der Waals surface area (Å²) in [6.07, 6.45) is 2.54. The Morgan fingerprint density at radius 2 is 1.97 bits per heavy atom. The van der Waals surface area contributed by atoms with Crippen LogP contribution in [0.4, 0.5) is 14.5 Å². The van der Waals surface area contributed by atoms with Crippen LogP contribution in [0.15, 0.2) is 53.2 Å². The van der Waals surface area contributed by atoms with Gasteiger partial charge < -0.3 is 14.4 Å². The molecule has 2 aromatic carbocycles. The molecule has 1 fully saturated rings. The Morgan fingerprint density at radius 3 is 2.79 bits per heavy atom. The third kappa shape index (κ3) is 3.26. The van der Waals surface area contributed by atoms with Gasteiger partial charge in [0.15, 0.2) is 5.82 Å². The average molecular weight is 394 g/mol. The van der Waals surface area contributed by atoms with Crippen LogP contribution in [0.25, 0.3) is 10.9 Å². The zero-order chi connectivity index (χ0) is 20.0. The third-order valence-electron chi connectivity index (χ3n) is 5.15. The number of nitrogens with one attached hydrogen (secondary N) is 1. The van der Waals surface area contributed by atoms with E-state index in [1.807, 2.05) is 30.5 Å². The van der Waals surface area contributed by atoms with Crippen molar-refractivity contribution in [2.75, 3.05) is 11.4 Å². The number of carbonyl (C=O) groups excluding carboxylic acids is 1. The summed E-state index contributed by atoms with van der Waals surface area (Å²) < 4.78 is 32.4. The van der Waals surface area contributed by atoms with Crippen LogP contribution in [-0.4, -0.2) is 27.6 Å². The van der Waals surface area contributed by atoms with E-state index in [9.17, 15) is 13.6 Å². The molecule has 5 rings (SSSR count). The molecule has 1 saturated heterocycles. The van der Waals surface area contributed by atoms with Gasteiger partial charge in [0.25, 0.3) is 0 Å². The van der Waals surface area contributed by atoms with Crippen molar-refractivity contribution in [2.24, 2.45) is 0 Å². The van der Waals surface area contributed by atoms with Crippen molar-refractivity contribution in [1.29, 1.82) is 0 Å². The molecule has 4 aromatic rings. The highest BCUT2D eigenvalue weighted by Gasteiger charge is 2.35. The molecule has 0 spiro atoms. The van der Waals surface area contributed by atoms with Crippen molar-refractivity contribution < 1.29 is 18.1 Å². The van der Waals surface area contributed by atoms with Crippen molar-refractivity contribution in [3.8, 4) is 0 Å². The number of fused-ring (bicyclic) bond motifs is 1. The van der Waals surface area contributed by atoms with E-state index in [1.54, 1.807) is 0 Å². The fourth-order valence-corrected chi connectivity index (χ4v) is 3.77. The predicted octanol–water partition coefficient (Wildman–Crippen LogP) is 3.94. The molecule has 1 atom stereocenters. The van der Waals surface area contributed by atoms with Gasteiger partial charge >= 0.3 is 0 Å². The van der Waals surface area contributed by atoms with Gasteiger partial charge in [0, 0.05) is 47.7 Å². The Kier molecular flexibility index (Phi) is 4.12. The lowest BCUT2D eigenvalue weighted by Gasteiger charge is -2.16. The molecule has 29 heavy (non-hydrogen) atoms. The Morgan fingerprint density at radius 1 is 1.17 bits per heavy atom. The summed E-state index contributed by atoms with van der Waals surface area (Å²) >= 11 is 0. The Balaban J connectivity index is 1.35. The molecule has 146 valence electrons. The molecule has 0 radical (unpaired) electrons. The van der Waals surface area contributed by atoms with Crippen molar-refractivity contribution in [3.63, 3.8) is 0 Å². The van der Waals surface area contributed by atoms with E-state index in [4.69, 9.17) is 4.52 Å². The third-order valence-corrected chi connectivity index (χ3v) is 5.15. The van der Waals surface area contributed by atoms with Gasteiger partial charge in [0.05, 0.1) is 6.42 Å². The van der Waals surface area contributed by atoms with Gasteiger partial charge in [-0.3, -0.25) is 4.79 Å². The second-order valence-electron chi connectivity index (χ2n) is 7.12. The maximum absolute atomic E-state index is 13.5. The number of H-pyrrole nitrogens is 1. The quantitative estimate of drug-likeness (QED) is 0.569. The predicted molar refractivity (Wildman–Crippen MR) is 101 cm³/mol. The van der Waals surface area contributed by atoms with Crippen molar-refractivity contribution in [2.45, 2.75) is 18.8 Å². The van der Waals surface area contributed by atoms with Gasteiger partial charge in [-0.15, -0.1) is 0 Å². The van der Waals surface area contributed by atoms with Gasteiger partial charge in [-0.2, -0.15) is 4.98 Å². The molecule has 1 N–H and O–H groups in total. The number of aromatic amines is 1. The normalized spacial score (nSPS) is 16.8. The number of carbonyl (C=O) groups is 1. The molecular formula is C21H16F2N4O2. The summed E-state index contributed by atoms with van der Waals surface area (Å²) in [5.74, 6) is -1.11. The van der Waals surface area contributed by atoms with E-state index in [2.05, 4.69) is 15.1 Å². The zero-order valence-electron chi connectivity index (χ0n) is 15.2. The lowest BCUT2D eigenvalue weighted by molar-refractivity contribution is -0.117. The number of anilines is 1. The number of amides is 1. The van der Waals surface area contributed by atoms with Crippen molar-refractivity contribution in [3.05, 3.63) is 77.6 Å². The monoisotopic (exact) mass is 394 g/mol. The van der Waals surface area contributed by atoms with Gasteiger partial charge in [-0.05, 0) is 23.8 Å². The number of hydrogen-bond donors (Lipinski definition) is 1. The first-order chi connectivity index (χ1) is 14.1. The molecule has 8 heteroatoms. The van der Waals surface area contributed by atoms with E-state index in [-0.39, 0.29) is 30.5 Å². The van der Waals surface area contributed by atoms with Crippen molar-refractivity contribution >= 4 is 22.5 Å². The molecule has 0 bridgehead atoms. The molecule has 1 aliphatic heterocycles. The maximum atomic E-state index is 13.5. The minimum atomic E-state index is -0.725. The summed E-state index contributed by atoms with van der Waals surface area (Å²) in [5.41, 5.74) is 2.26. The SMILES string of the molecule is O=C1CC(c2noc(Cc3c[nH]c4ccccc34)n2)CN1c1cc(F)cc(F)c1. The minimum absolute atomic E-state index is 0.157. The van der Waals surface area contributed by atoms with E-state index in [0.717, 1.165) is 34.7 Å². The number of para-hydroxylation sites is 1. The van der Waals surface area contributed by atoms with Gasteiger partial charge in [0.1, 0.15) is 11.6 Å². The topological polar surface area (TPSA) is 75.0 Å². The van der Waals surface area contributed by atoms with Crippen LogP contribution in [-0.2, 0) is 11.2 Å².